The Hall–Kier alpha value is -2.30. The highest BCUT2D eigenvalue weighted by Crippen LogP contribution is 2.28. The number of nitrogens with one attached hydrogen (secondary N) is 2. The summed E-state index contributed by atoms with van der Waals surface area (Å²) in [6.45, 7) is 0.0819. The molecular formula is C10H12N6O3S. The highest BCUT2D eigenvalue weighted by Gasteiger charge is 2.22. The van der Waals surface area contributed by atoms with Gasteiger partial charge in [-0.3, -0.25) is 10.1 Å². The van der Waals surface area contributed by atoms with E-state index in [1.54, 1.807) is 11.4 Å². The maximum absolute atomic E-state index is 11.0. The van der Waals surface area contributed by atoms with Gasteiger partial charge in [-0.25, -0.2) is 15.8 Å². The van der Waals surface area contributed by atoms with Crippen LogP contribution in [0.2, 0.25) is 0 Å². The number of nitrogen functional groups attached to an aromatic ring is 1. The van der Waals surface area contributed by atoms with Gasteiger partial charge in [-0.15, -0.1) is 0 Å². The zero-order valence-corrected chi connectivity index (χ0v) is 11.0. The molecular weight excluding hydrogens is 284 g/mol. The first-order valence-electron chi connectivity index (χ1n) is 5.53. The van der Waals surface area contributed by atoms with Crippen molar-refractivity contribution >= 4 is 28.7 Å². The van der Waals surface area contributed by atoms with Crippen molar-refractivity contribution in [3.63, 3.8) is 0 Å². The Bertz CT molecular complexity index is 591. The van der Waals surface area contributed by atoms with Crippen molar-refractivity contribution in [3.05, 3.63) is 38.8 Å². The average Bonchev–Trinajstić information content (AvgIpc) is 2.98. The van der Waals surface area contributed by atoms with Gasteiger partial charge >= 0.3 is 5.69 Å². The van der Waals surface area contributed by atoms with Gasteiger partial charge in [0.1, 0.15) is 6.33 Å². The Morgan fingerprint density at radius 3 is 2.85 bits per heavy atom. The van der Waals surface area contributed by atoms with Gasteiger partial charge in [-0.05, 0) is 22.4 Å². The van der Waals surface area contributed by atoms with E-state index in [4.69, 9.17) is 5.84 Å². The number of aromatic nitrogens is 2. The summed E-state index contributed by atoms with van der Waals surface area (Å²) >= 11 is 1.46. The highest BCUT2D eigenvalue weighted by molar-refractivity contribution is 7.07. The third kappa shape index (κ3) is 2.99. The van der Waals surface area contributed by atoms with Gasteiger partial charge in [0.05, 0.1) is 11.0 Å². The predicted octanol–water partition coefficient (Wildman–Crippen LogP) is 0.877. The van der Waals surface area contributed by atoms with Crippen LogP contribution in [0.15, 0.2) is 23.2 Å². The van der Waals surface area contributed by atoms with Crippen molar-refractivity contribution in [3.8, 4) is 0 Å². The average molecular weight is 296 g/mol. The van der Waals surface area contributed by atoms with Crippen LogP contribution in [0.5, 0.6) is 0 Å². The number of hydrogen-bond acceptors (Lipinski definition) is 9. The Kier molecular flexibility index (Phi) is 4.40. The van der Waals surface area contributed by atoms with E-state index in [0.29, 0.717) is 0 Å². The molecule has 10 heteroatoms. The number of hydrogen-bond donors (Lipinski definition) is 4. The van der Waals surface area contributed by atoms with Crippen LogP contribution in [0.4, 0.5) is 17.3 Å². The number of hydrazine groups is 1. The second-order valence-electron chi connectivity index (χ2n) is 3.77. The van der Waals surface area contributed by atoms with Gasteiger partial charge < -0.3 is 15.8 Å². The molecule has 1 atom stereocenters. The summed E-state index contributed by atoms with van der Waals surface area (Å²) < 4.78 is 0. The molecule has 0 spiro atoms. The SMILES string of the molecule is NNc1ncnc(NCC(O)c2ccsc2)c1[N+](=O)[O-]. The van der Waals surface area contributed by atoms with E-state index < -0.39 is 11.0 Å². The molecule has 5 N–H and O–H groups in total. The standard InChI is InChI=1S/C10H12N6O3S/c11-15-10-8(16(18)19)9(13-5-14-10)12-3-7(17)6-1-2-20-4-6/h1-2,4-5,7,17H,3,11H2,(H2,12,13,14,15). The summed E-state index contributed by atoms with van der Waals surface area (Å²) in [6, 6.07) is 1.78. The molecule has 0 saturated carbocycles. The summed E-state index contributed by atoms with van der Waals surface area (Å²) in [5.74, 6) is 5.06. The molecule has 0 saturated heterocycles. The van der Waals surface area contributed by atoms with Crippen molar-refractivity contribution in [2.45, 2.75) is 6.10 Å². The molecule has 0 bridgehead atoms. The third-order valence-electron chi connectivity index (χ3n) is 2.53. The molecule has 0 aliphatic heterocycles. The molecule has 0 radical (unpaired) electrons. The van der Waals surface area contributed by atoms with Gasteiger partial charge in [-0.1, -0.05) is 0 Å². The van der Waals surface area contributed by atoms with Crippen LogP contribution < -0.4 is 16.6 Å². The van der Waals surface area contributed by atoms with Crippen molar-refractivity contribution < 1.29 is 10.0 Å². The van der Waals surface area contributed by atoms with E-state index in [9.17, 15) is 15.2 Å². The molecule has 9 nitrogen and oxygen atoms in total. The smallest absolute Gasteiger partial charge is 0.354 e. The molecule has 0 aromatic carbocycles. The minimum absolute atomic E-state index is 0.00719. The first-order chi connectivity index (χ1) is 9.63. The van der Waals surface area contributed by atoms with E-state index in [-0.39, 0.29) is 23.9 Å². The van der Waals surface area contributed by atoms with E-state index in [1.807, 2.05) is 5.38 Å². The fraction of sp³-hybridized carbons (Fsp3) is 0.200. The molecule has 0 fully saturated rings. The largest absolute Gasteiger partial charge is 0.387 e. The number of nitrogens with two attached hydrogens (primary N) is 1. The molecule has 2 aromatic heterocycles. The summed E-state index contributed by atoms with van der Waals surface area (Å²) in [5.41, 5.74) is 2.50. The van der Waals surface area contributed by atoms with Crippen molar-refractivity contribution in [2.75, 3.05) is 17.3 Å². The van der Waals surface area contributed by atoms with Gasteiger partial charge in [0, 0.05) is 6.54 Å². The number of thiophene rings is 1. The summed E-state index contributed by atoms with van der Waals surface area (Å²) in [7, 11) is 0. The molecule has 106 valence electrons. The van der Waals surface area contributed by atoms with Crippen LogP contribution in [0, 0.1) is 10.1 Å². The lowest BCUT2D eigenvalue weighted by Crippen LogP contribution is -2.16. The van der Waals surface area contributed by atoms with Gasteiger partial charge in [0.15, 0.2) is 0 Å². The molecule has 0 aliphatic carbocycles. The number of nitro groups is 1. The van der Waals surface area contributed by atoms with Crippen LogP contribution in [0.1, 0.15) is 11.7 Å². The Balaban J connectivity index is 2.15. The predicted molar refractivity (Wildman–Crippen MR) is 74.3 cm³/mol. The number of anilines is 2. The zero-order valence-electron chi connectivity index (χ0n) is 10.2. The lowest BCUT2D eigenvalue weighted by molar-refractivity contribution is -0.383. The van der Waals surface area contributed by atoms with Crippen LogP contribution in [0.3, 0.4) is 0 Å². The molecule has 0 aliphatic rings. The third-order valence-corrected chi connectivity index (χ3v) is 3.23. The fourth-order valence-corrected chi connectivity index (χ4v) is 2.27. The van der Waals surface area contributed by atoms with Crippen molar-refractivity contribution in [2.24, 2.45) is 5.84 Å². The first-order valence-corrected chi connectivity index (χ1v) is 6.47. The van der Waals surface area contributed by atoms with Crippen molar-refractivity contribution in [1.29, 1.82) is 0 Å². The number of rotatable bonds is 6. The lowest BCUT2D eigenvalue weighted by Gasteiger charge is -2.11. The molecule has 2 rings (SSSR count). The van der Waals surface area contributed by atoms with Crippen LogP contribution in [-0.2, 0) is 0 Å². The quantitative estimate of drug-likeness (QED) is 0.350. The van der Waals surface area contributed by atoms with Crippen LogP contribution in [0.25, 0.3) is 0 Å². The monoisotopic (exact) mass is 296 g/mol. The lowest BCUT2D eigenvalue weighted by atomic mass is 10.2. The molecule has 2 heterocycles. The maximum Gasteiger partial charge on any atom is 0.354 e. The minimum atomic E-state index is -0.787. The second kappa shape index (κ2) is 6.23. The van der Waals surface area contributed by atoms with Crippen LogP contribution >= 0.6 is 11.3 Å². The van der Waals surface area contributed by atoms with Gasteiger partial charge in [-0.2, -0.15) is 11.3 Å². The number of nitrogens with zero attached hydrogens (tertiary/aromatic N) is 3. The normalized spacial score (nSPS) is 11.9. The highest BCUT2D eigenvalue weighted by atomic mass is 32.1. The van der Waals surface area contributed by atoms with E-state index >= 15 is 0 Å². The Morgan fingerprint density at radius 2 is 2.25 bits per heavy atom. The summed E-state index contributed by atoms with van der Waals surface area (Å²) in [6.07, 6.45) is 0.353. The number of aliphatic hydroxyl groups excluding tert-OH is 1. The molecule has 1 unspecified atom stereocenters. The summed E-state index contributed by atoms with van der Waals surface area (Å²) in [4.78, 5) is 17.8. The van der Waals surface area contributed by atoms with E-state index in [2.05, 4.69) is 20.7 Å². The van der Waals surface area contributed by atoms with Gasteiger partial charge in [0.2, 0.25) is 11.6 Å². The Morgan fingerprint density at radius 1 is 1.50 bits per heavy atom. The zero-order chi connectivity index (χ0) is 14.5. The fourth-order valence-electron chi connectivity index (χ4n) is 1.56. The van der Waals surface area contributed by atoms with E-state index in [1.165, 1.54) is 11.3 Å². The molecule has 20 heavy (non-hydrogen) atoms. The van der Waals surface area contributed by atoms with Gasteiger partial charge in [0.25, 0.3) is 0 Å². The second-order valence-corrected chi connectivity index (χ2v) is 4.55. The maximum atomic E-state index is 11.0. The Labute approximate surface area is 117 Å². The molecule has 0 amide bonds. The molecule has 2 aromatic rings. The summed E-state index contributed by atoms with van der Waals surface area (Å²) in [5, 5.41) is 27.3. The topological polar surface area (TPSA) is 139 Å². The van der Waals surface area contributed by atoms with E-state index in [0.717, 1.165) is 11.9 Å². The van der Waals surface area contributed by atoms with Crippen molar-refractivity contribution in [1.82, 2.24) is 9.97 Å². The van der Waals surface area contributed by atoms with Crippen LogP contribution in [-0.4, -0.2) is 26.5 Å². The first kappa shape index (κ1) is 14.1. The minimum Gasteiger partial charge on any atom is -0.387 e. The number of aliphatic hydroxyl groups is 1.